The van der Waals surface area contributed by atoms with Crippen LogP contribution in [0.1, 0.15) is 47.6 Å². The van der Waals surface area contributed by atoms with Crippen molar-refractivity contribution in [2.75, 3.05) is 16.7 Å². The molecule has 33 heavy (non-hydrogen) atoms. The average molecular weight is 472 g/mol. The maximum absolute atomic E-state index is 12.7. The van der Waals surface area contributed by atoms with Crippen LogP contribution in [0.5, 0.6) is 0 Å². The number of aromatic carboxylic acids is 1. The molecule has 0 amide bonds. The van der Waals surface area contributed by atoms with Gasteiger partial charge in [0.1, 0.15) is 11.4 Å². The molecule has 0 aliphatic heterocycles. The van der Waals surface area contributed by atoms with Crippen LogP contribution >= 0.6 is 0 Å². The predicted octanol–water partition coefficient (Wildman–Crippen LogP) is 3.69. The normalized spacial score (nSPS) is 11.4. The summed E-state index contributed by atoms with van der Waals surface area (Å²) in [4.78, 5) is 18.0. The number of anilines is 2. The minimum Gasteiger partial charge on any atom is -0.478 e. The van der Waals surface area contributed by atoms with Gasteiger partial charge in [0.05, 0.1) is 34.7 Å². The maximum Gasteiger partial charge on any atom is 0.339 e. The van der Waals surface area contributed by atoms with Gasteiger partial charge in [0.2, 0.25) is 0 Å². The van der Waals surface area contributed by atoms with E-state index in [0.717, 1.165) is 36.3 Å². The molecule has 9 nitrogen and oxygen atoms in total. The number of hydrogen-bond acceptors (Lipinski definition) is 6. The Bertz CT molecular complexity index is 1240. The van der Waals surface area contributed by atoms with Gasteiger partial charge in [0, 0.05) is 13.6 Å². The second kappa shape index (κ2) is 10.0. The minimum atomic E-state index is -3.88. The number of nitrogens with zero attached hydrogens (tertiary/aromatic N) is 4. The molecule has 0 fully saturated rings. The second-order valence-corrected chi connectivity index (χ2v) is 9.54. The molecule has 2 heterocycles. The lowest BCUT2D eigenvalue weighted by Crippen LogP contribution is -2.23. The van der Waals surface area contributed by atoms with Crippen molar-refractivity contribution in [1.29, 1.82) is 0 Å². The third kappa shape index (κ3) is 5.70. The van der Waals surface area contributed by atoms with Crippen molar-refractivity contribution >= 4 is 27.5 Å². The van der Waals surface area contributed by atoms with Crippen LogP contribution in [0.3, 0.4) is 0 Å². The van der Waals surface area contributed by atoms with Gasteiger partial charge in [-0.25, -0.2) is 18.2 Å². The van der Waals surface area contributed by atoms with Gasteiger partial charge in [-0.15, -0.1) is 0 Å². The lowest BCUT2D eigenvalue weighted by Gasteiger charge is -2.21. The summed E-state index contributed by atoms with van der Waals surface area (Å²) >= 11 is 0. The highest BCUT2D eigenvalue weighted by Gasteiger charge is 2.20. The van der Waals surface area contributed by atoms with E-state index in [-0.39, 0.29) is 22.0 Å². The molecule has 0 radical (unpaired) electrons. The van der Waals surface area contributed by atoms with Crippen LogP contribution in [0.4, 0.5) is 11.5 Å². The summed E-state index contributed by atoms with van der Waals surface area (Å²) in [6, 6.07) is 9.79. The van der Waals surface area contributed by atoms with Gasteiger partial charge in [-0.3, -0.25) is 9.40 Å². The van der Waals surface area contributed by atoms with Crippen molar-refractivity contribution in [3.63, 3.8) is 0 Å². The number of carbonyl (C=O) groups is 1. The topological polar surface area (TPSA) is 117 Å². The third-order valence-corrected chi connectivity index (χ3v) is 6.57. The minimum absolute atomic E-state index is 0.0796. The number of aromatic nitrogens is 3. The number of hydrogen-bond donors (Lipinski definition) is 2. The van der Waals surface area contributed by atoms with E-state index in [4.69, 9.17) is 0 Å². The molecule has 3 aromatic rings. The molecule has 0 aliphatic rings. The number of benzene rings is 1. The Hall–Kier alpha value is -3.40. The van der Waals surface area contributed by atoms with Crippen LogP contribution in [0.2, 0.25) is 0 Å². The number of carboxylic acids is 1. The van der Waals surface area contributed by atoms with E-state index >= 15 is 0 Å². The first-order chi connectivity index (χ1) is 15.6. The van der Waals surface area contributed by atoms with E-state index < -0.39 is 16.0 Å². The van der Waals surface area contributed by atoms with Gasteiger partial charge < -0.3 is 10.0 Å². The molecular weight excluding hydrogens is 442 g/mol. The first kappa shape index (κ1) is 24.2. The fraction of sp³-hybridized carbons (Fsp3) is 0.348. The monoisotopic (exact) mass is 471 g/mol. The largest absolute Gasteiger partial charge is 0.478 e. The van der Waals surface area contributed by atoms with Crippen molar-refractivity contribution in [3.8, 4) is 0 Å². The van der Waals surface area contributed by atoms with E-state index in [1.165, 1.54) is 24.4 Å². The molecule has 0 unspecified atom stereocenters. The summed E-state index contributed by atoms with van der Waals surface area (Å²) in [6.07, 6.45) is 3.05. The van der Waals surface area contributed by atoms with Crippen LogP contribution in [0, 0.1) is 6.92 Å². The first-order valence-corrected chi connectivity index (χ1v) is 12.2. The molecule has 176 valence electrons. The first-order valence-electron chi connectivity index (χ1n) is 10.7. The summed E-state index contributed by atoms with van der Waals surface area (Å²) in [7, 11) is -2.14. The number of carboxylic acid groups (broad SMARTS) is 1. The Labute approximate surface area is 194 Å². The quantitative estimate of drug-likeness (QED) is 0.463. The molecule has 0 saturated carbocycles. The smallest absolute Gasteiger partial charge is 0.339 e. The fourth-order valence-corrected chi connectivity index (χ4v) is 4.58. The Kier molecular flexibility index (Phi) is 7.37. The van der Waals surface area contributed by atoms with Gasteiger partial charge in [0.15, 0.2) is 0 Å². The molecule has 0 aliphatic carbocycles. The van der Waals surface area contributed by atoms with Crippen LogP contribution < -0.4 is 9.62 Å². The second-order valence-electron chi connectivity index (χ2n) is 7.86. The van der Waals surface area contributed by atoms with Crippen LogP contribution in [-0.4, -0.2) is 41.3 Å². The SMILES string of the molecule is CCCn1nc(C)cc1CN(C)c1ncc(NS(=O)(=O)c2ccc(CC)cc2)cc1C(=O)O. The molecule has 0 atom stereocenters. The van der Waals surface area contributed by atoms with E-state index in [1.54, 1.807) is 24.1 Å². The molecule has 10 heteroatoms. The predicted molar refractivity (Wildman–Crippen MR) is 127 cm³/mol. The number of pyridine rings is 1. The molecule has 1 aromatic carbocycles. The van der Waals surface area contributed by atoms with Crippen molar-refractivity contribution < 1.29 is 18.3 Å². The maximum atomic E-state index is 12.7. The molecule has 0 spiro atoms. The number of aryl methyl sites for hydroxylation is 3. The standard InChI is InChI=1S/C23H29N5O4S/c1-5-11-28-19(12-16(3)25-28)15-27(4)22-21(23(29)30)13-18(14-24-22)26-33(31,32)20-9-7-17(6-2)8-10-20/h7-10,12-14,26H,5-6,11,15H2,1-4H3,(H,29,30). The number of nitrogens with one attached hydrogen (secondary N) is 1. The van der Waals surface area contributed by atoms with Gasteiger partial charge >= 0.3 is 5.97 Å². The third-order valence-electron chi connectivity index (χ3n) is 5.17. The molecule has 0 bridgehead atoms. The molecule has 2 aromatic heterocycles. The van der Waals surface area contributed by atoms with Crippen molar-refractivity contribution in [2.24, 2.45) is 0 Å². The zero-order chi connectivity index (χ0) is 24.2. The van der Waals surface area contributed by atoms with E-state index in [2.05, 4.69) is 21.7 Å². The zero-order valence-corrected chi connectivity index (χ0v) is 20.1. The van der Waals surface area contributed by atoms with Crippen molar-refractivity contribution in [2.45, 2.75) is 51.6 Å². The zero-order valence-electron chi connectivity index (χ0n) is 19.2. The van der Waals surface area contributed by atoms with E-state index in [0.29, 0.717) is 6.54 Å². The Morgan fingerprint density at radius 1 is 1.18 bits per heavy atom. The van der Waals surface area contributed by atoms with Gasteiger partial charge in [-0.1, -0.05) is 26.0 Å². The van der Waals surface area contributed by atoms with Crippen molar-refractivity contribution in [1.82, 2.24) is 14.8 Å². The summed E-state index contributed by atoms with van der Waals surface area (Å²) in [5.74, 6) is -0.962. The highest BCUT2D eigenvalue weighted by Crippen LogP contribution is 2.24. The highest BCUT2D eigenvalue weighted by atomic mass is 32.2. The summed E-state index contributed by atoms with van der Waals surface area (Å²) in [5, 5.41) is 14.2. The lowest BCUT2D eigenvalue weighted by molar-refractivity contribution is 0.0697. The Morgan fingerprint density at radius 3 is 2.48 bits per heavy atom. The highest BCUT2D eigenvalue weighted by molar-refractivity contribution is 7.92. The molecule has 0 saturated heterocycles. The lowest BCUT2D eigenvalue weighted by atomic mass is 10.2. The Morgan fingerprint density at radius 2 is 1.88 bits per heavy atom. The number of rotatable bonds is 10. The summed E-state index contributed by atoms with van der Waals surface area (Å²) in [5.41, 5.74) is 2.82. The molecular formula is C23H29N5O4S. The van der Waals surface area contributed by atoms with Gasteiger partial charge in [0.25, 0.3) is 10.0 Å². The van der Waals surface area contributed by atoms with E-state index in [9.17, 15) is 18.3 Å². The molecule has 3 rings (SSSR count). The summed E-state index contributed by atoms with van der Waals surface area (Å²) < 4.78 is 29.8. The van der Waals surface area contributed by atoms with Crippen LogP contribution in [0.25, 0.3) is 0 Å². The van der Waals surface area contributed by atoms with Crippen molar-refractivity contribution in [3.05, 3.63) is 65.1 Å². The van der Waals surface area contributed by atoms with Crippen LogP contribution in [-0.2, 0) is 29.5 Å². The van der Waals surface area contributed by atoms with Gasteiger partial charge in [-0.05, 0) is 49.6 Å². The number of sulfonamides is 1. The van der Waals surface area contributed by atoms with Gasteiger partial charge in [-0.2, -0.15) is 5.10 Å². The van der Waals surface area contributed by atoms with E-state index in [1.807, 2.05) is 24.6 Å². The summed E-state index contributed by atoms with van der Waals surface area (Å²) in [6.45, 7) is 7.12. The average Bonchev–Trinajstić information content (AvgIpc) is 3.12. The fourth-order valence-electron chi connectivity index (χ4n) is 3.54. The van der Waals surface area contributed by atoms with Crippen LogP contribution in [0.15, 0.2) is 47.5 Å². The Balaban J connectivity index is 1.86. The molecule has 2 N–H and O–H groups in total.